The average molecular weight is 201 g/mol. The summed E-state index contributed by atoms with van der Waals surface area (Å²) in [7, 11) is 0. The zero-order chi connectivity index (χ0) is 11.0. The van der Waals surface area contributed by atoms with Gasteiger partial charge in [0.2, 0.25) is 0 Å². The Hall–Kier alpha value is -0.0800. The first-order chi connectivity index (χ1) is 6.65. The standard InChI is InChI=1S/C12H27NO/c1-6-11(7-2)13-12(10(4)5)9-14-8-3/h10-13H,6-9H2,1-5H3. The topological polar surface area (TPSA) is 21.3 Å². The number of hydrogen-bond acceptors (Lipinski definition) is 2. The molecule has 1 N–H and O–H groups in total. The molecule has 0 fully saturated rings. The van der Waals surface area contributed by atoms with E-state index in [1.165, 1.54) is 12.8 Å². The van der Waals surface area contributed by atoms with E-state index in [0.717, 1.165) is 13.2 Å². The van der Waals surface area contributed by atoms with Crippen molar-refractivity contribution in [3.8, 4) is 0 Å². The van der Waals surface area contributed by atoms with Crippen molar-refractivity contribution < 1.29 is 4.74 Å². The van der Waals surface area contributed by atoms with Gasteiger partial charge in [0.1, 0.15) is 0 Å². The minimum absolute atomic E-state index is 0.500. The second-order valence-electron chi connectivity index (χ2n) is 4.19. The Morgan fingerprint density at radius 2 is 1.64 bits per heavy atom. The highest BCUT2D eigenvalue weighted by Crippen LogP contribution is 2.06. The van der Waals surface area contributed by atoms with Gasteiger partial charge in [0, 0.05) is 18.7 Å². The third kappa shape index (κ3) is 5.61. The smallest absolute Gasteiger partial charge is 0.0622 e. The van der Waals surface area contributed by atoms with E-state index < -0.39 is 0 Å². The summed E-state index contributed by atoms with van der Waals surface area (Å²) < 4.78 is 5.48. The molecular weight excluding hydrogens is 174 g/mol. The van der Waals surface area contributed by atoms with Crippen LogP contribution in [0.4, 0.5) is 0 Å². The van der Waals surface area contributed by atoms with Crippen LogP contribution < -0.4 is 5.32 Å². The third-order valence-corrected chi connectivity index (χ3v) is 2.74. The lowest BCUT2D eigenvalue weighted by molar-refractivity contribution is 0.103. The summed E-state index contributed by atoms with van der Waals surface area (Å²) in [6.07, 6.45) is 2.40. The monoisotopic (exact) mass is 201 g/mol. The Labute approximate surface area is 89.4 Å². The first-order valence-electron chi connectivity index (χ1n) is 5.99. The summed E-state index contributed by atoms with van der Waals surface area (Å²) in [5, 5.41) is 3.66. The molecular formula is C12H27NO. The van der Waals surface area contributed by atoms with Crippen molar-refractivity contribution in [1.29, 1.82) is 0 Å². The van der Waals surface area contributed by atoms with Gasteiger partial charge in [-0.3, -0.25) is 0 Å². The molecule has 0 saturated carbocycles. The summed E-state index contributed by atoms with van der Waals surface area (Å²) in [6.45, 7) is 12.7. The maximum atomic E-state index is 5.48. The van der Waals surface area contributed by atoms with E-state index in [1.807, 2.05) is 0 Å². The number of rotatable bonds is 8. The van der Waals surface area contributed by atoms with Crippen molar-refractivity contribution in [2.24, 2.45) is 5.92 Å². The summed E-state index contributed by atoms with van der Waals surface area (Å²) in [4.78, 5) is 0. The van der Waals surface area contributed by atoms with Crippen LogP contribution in [0.2, 0.25) is 0 Å². The molecule has 0 amide bonds. The predicted molar refractivity (Wildman–Crippen MR) is 62.6 cm³/mol. The fourth-order valence-corrected chi connectivity index (χ4v) is 1.50. The number of ether oxygens (including phenoxy) is 1. The highest BCUT2D eigenvalue weighted by atomic mass is 16.5. The molecule has 0 spiro atoms. The van der Waals surface area contributed by atoms with Crippen LogP contribution in [-0.4, -0.2) is 25.3 Å². The molecule has 0 rings (SSSR count). The number of nitrogens with one attached hydrogen (secondary N) is 1. The van der Waals surface area contributed by atoms with E-state index in [-0.39, 0.29) is 0 Å². The molecule has 0 aromatic heterocycles. The largest absolute Gasteiger partial charge is 0.380 e. The minimum Gasteiger partial charge on any atom is -0.380 e. The van der Waals surface area contributed by atoms with Gasteiger partial charge < -0.3 is 10.1 Å². The van der Waals surface area contributed by atoms with Gasteiger partial charge in [-0.2, -0.15) is 0 Å². The molecule has 1 atom stereocenters. The van der Waals surface area contributed by atoms with Crippen LogP contribution in [0, 0.1) is 5.92 Å². The molecule has 2 nitrogen and oxygen atoms in total. The van der Waals surface area contributed by atoms with E-state index in [1.54, 1.807) is 0 Å². The van der Waals surface area contributed by atoms with E-state index in [0.29, 0.717) is 18.0 Å². The Kier molecular flexibility index (Phi) is 8.20. The molecule has 1 unspecified atom stereocenters. The maximum absolute atomic E-state index is 5.48. The Bertz CT molecular complexity index is 121. The summed E-state index contributed by atoms with van der Waals surface area (Å²) >= 11 is 0. The van der Waals surface area contributed by atoms with E-state index in [2.05, 4.69) is 39.9 Å². The molecule has 0 aliphatic heterocycles. The zero-order valence-corrected chi connectivity index (χ0v) is 10.5. The van der Waals surface area contributed by atoms with Crippen LogP contribution in [0.3, 0.4) is 0 Å². The molecule has 0 saturated heterocycles. The van der Waals surface area contributed by atoms with Crippen molar-refractivity contribution in [2.75, 3.05) is 13.2 Å². The van der Waals surface area contributed by atoms with Gasteiger partial charge in [-0.25, -0.2) is 0 Å². The SMILES string of the molecule is CCOCC(NC(CC)CC)C(C)C. The van der Waals surface area contributed by atoms with Crippen molar-refractivity contribution in [3.63, 3.8) is 0 Å². The maximum Gasteiger partial charge on any atom is 0.0622 e. The summed E-state index contributed by atoms with van der Waals surface area (Å²) in [6, 6.07) is 1.14. The van der Waals surface area contributed by atoms with Crippen molar-refractivity contribution in [3.05, 3.63) is 0 Å². The van der Waals surface area contributed by atoms with E-state index in [4.69, 9.17) is 4.74 Å². The van der Waals surface area contributed by atoms with Crippen molar-refractivity contribution >= 4 is 0 Å². The first kappa shape index (κ1) is 13.9. The van der Waals surface area contributed by atoms with Crippen molar-refractivity contribution in [2.45, 2.75) is 59.5 Å². The van der Waals surface area contributed by atoms with E-state index >= 15 is 0 Å². The lowest BCUT2D eigenvalue weighted by Gasteiger charge is -2.27. The van der Waals surface area contributed by atoms with Gasteiger partial charge in [-0.05, 0) is 25.7 Å². The molecule has 0 aliphatic carbocycles. The van der Waals surface area contributed by atoms with Gasteiger partial charge in [0.15, 0.2) is 0 Å². The van der Waals surface area contributed by atoms with Crippen LogP contribution in [0.5, 0.6) is 0 Å². The highest BCUT2D eigenvalue weighted by Gasteiger charge is 2.16. The quantitative estimate of drug-likeness (QED) is 0.652. The van der Waals surface area contributed by atoms with Crippen LogP contribution in [0.25, 0.3) is 0 Å². The molecule has 2 heteroatoms. The van der Waals surface area contributed by atoms with Crippen molar-refractivity contribution in [1.82, 2.24) is 5.32 Å². The second-order valence-corrected chi connectivity index (χ2v) is 4.19. The van der Waals surface area contributed by atoms with Crippen LogP contribution >= 0.6 is 0 Å². The average Bonchev–Trinajstić information content (AvgIpc) is 2.18. The zero-order valence-electron chi connectivity index (χ0n) is 10.5. The van der Waals surface area contributed by atoms with Gasteiger partial charge >= 0.3 is 0 Å². The molecule has 0 aliphatic rings. The lowest BCUT2D eigenvalue weighted by Crippen LogP contribution is -2.43. The fourth-order valence-electron chi connectivity index (χ4n) is 1.50. The molecule has 0 heterocycles. The molecule has 14 heavy (non-hydrogen) atoms. The van der Waals surface area contributed by atoms with Gasteiger partial charge in [-0.15, -0.1) is 0 Å². The first-order valence-corrected chi connectivity index (χ1v) is 5.99. The van der Waals surface area contributed by atoms with Gasteiger partial charge in [0.05, 0.1) is 6.61 Å². The fraction of sp³-hybridized carbons (Fsp3) is 1.00. The van der Waals surface area contributed by atoms with Gasteiger partial charge in [0.25, 0.3) is 0 Å². The van der Waals surface area contributed by atoms with Gasteiger partial charge in [-0.1, -0.05) is 27.7 Å². The van der Waals surface area contributed by atoms with Crippen LogP contribution in [-0.2, 0) is 4.74 Å². The predicted octanol–water partition coefficient (Wildman–Crippen LogP) is 2.83. The molecule has 0 aromatic rings. The number of hydrogen-bond donors (Lipinski definition) is 1. The molecule has 86 valence electrons. The Balaban J connectivity index is 3.93. The molecule has 0 bridgehead atoms. The van der Waals surface area contributed by atoms with Crippen LogP contribution in [0.15, 0.2) is 0 Å². The van der Waals surface area contributed by atoms with E-state index in [9.17, 15) is 0 Å². The Morgan fingerprint density at radius 1 is 1.07 bits per heavy atom. The minimum atomic E-state index is 0.500. The Morgan fingerprint density at radius 3 is 2.00 bits per heavy atom. The third-order valence-electron chi connectivity index (χ3n) is 2.74. The molecule has 0 radical (unpaired) electrons. The highest BCUT2D eigenvalue weighted by molar-refractivity contribution is 4.75. The lowest BCUT2D eigenvalue weighted by atomic mass is 10.0. The van der Waals surface area contributed by atoms with Crippen LogP contribution in [0.1, 0.15) is 47.5 Å². The second kappa shape index (κ2) is 8.25. The summed E-state index contributed by atoms with van der Waals surface area (Å²) in [5.41, 5.74) is 0. The normalized spacial score (nSPS) is 13.9. The summed E-state index contributed by atoms with van der Waals surface area (Å²) in [5.74, 6) is 0.641. The molecule has 0 aromatic carbocycles.